The minimum absolute atomic E-state index is 0.0323. The van der Waals surface area contributed by atoms with Crippen LogP contribution in [-0.2, 0) is 27.2 Å². The average Bonchev–Trinajstić information content (AvgIpc) is 4.12. The summed E-state index contributed by atoms with van der Waals surface area (Å²) in [6.07, 6.45) is 6.24. The lowest BCUT2D eigenvalue weighted by molar-refractivity contribution is -0.139. The van der Waals surface area contributed by atoms with E-state index in [9.17, 15) is 14.9 Å². The number of carbonyl (C=O) groups excluding carboxylic acids is 2. The van der Waals surface area contributed by atoms with E-state index in [1.54, 1.807) is 24.1 Å². The van der Waals surface area contributed by atoms with Gasteiger partial charge in [-0.05, 0) is 137 Å². The van der Waals surface area contributed by atoms with Gasteiger partial charge in [-0.1, -0.05) is 41.4 Å². The van der Waals surface area contributed by atoms with Crippen LogP contribution in [0.25, 0.3) is 0 Å². The molecule has 0 N–H and O–H groups in total. The molecule has 1 aliphatic heterocycles. The van der Waals surface area contributed by atoms with Gasteiger partial charge in [0.05, 0.1) is 28.6 Å². The Labute approximate surface area is 353 Å². The van der Waals surface area contributed by atoms with E-state index in [1.807, 2.05) is 62.9 Å². The summed E-state index contributed by atoms with van der Waals surface area (Å²) < 4.78 is 29.3. The first-order chi connectivity index (χ1) is 27.8. The number of ether oxygens (including phenoxy) is 5. The van der Waals surface area contributed by atoms with E-state index >= 15 is 0 Å². The molecule has 2 aliphatic carbocycles. The maximum atomic E-state index is 15.0. The number of hydrogen-bond donors (Lipinski definition) is 0. The average molecular weight is 835 g/mol. The fraction of sp³-hybridized carbons (Fsp3) is 0.543. The predicted molar refractivity (Wildman–Crippen MR) is 225 cm³/mol. The minimum atomic E-state index is -0.658. The molecular weight excluding hydrogens is 777 g/mol. The van der Waals surface area contributed by atoms with Crippen molar-refractivity contribution in [2.24, 2.45) is 11.3 Å². The third-order valence-corrected chi connectivity index (χ3v) is 11.6. The fourth-order valence-corrected chi connectivity index (χ4v) is 8.34. The predicted octanol–water partition coefficient (Wildman–Crippen LogP) is 9.94. The van der Waals surface area contributed by atoms with Crippen LogP contribution in [-0.4, -0.2) is 80.1 Å². The van der Waals surface area contributed by atoms with Crippen LogP contribution >= 0.6 is 23.2 Å². The molecule has 2 saturated carbocycles. The van der Waals surface area contributed by atoms with Crippen molar-refractivity contribution in [1.82, 2.24) is 9.80 Å². The lowest BCUT2D eigenvalue weighted by Gasteiger charge is -2.40. The van der Waals surface area contributed by atoms with Crippen LogP contribution in [0.15, 0.2) is 54.6 Å². The zero-order chi connectivity index (χ0) is 41.5. The van der Waals surface area contributed by atoms with Crippen molar-refractivity contribution < 1.29 is 33.3 Å². The second-order valence-corrected chi connectivity index (χ2v) is 18.0. The summed E-state index contributed by atoms with van der Waals surface area (Å²) >= 11 is 12.7. The van der Waals surface area contributed by atoms with Gasteiger partial charge in [0.1, 0.15) is 30.3 Å². The van der Waals surface area contributed by atoms with Gasteiger partial charge in [-0.25, -0.2) is 4.79 Å². The monoisotopic (exact) mass is 833 g/mol. The Kier molecular flexibility index (Phi) is 14.4. The largest absolute Gasteiger partial charge is 0.493 e. The summed E-state index contributed by atoms with van der Waals surface area (Å²) in [5.41, 5.74) is 3.38. The van der Waals surface area contributed by atoms with E-state index in [-0.39, 0.29) is 43.0 Å². The molecule has 6 rings (SSSR count). The van der Waals surface area contributed by atoms with E-state index in [1.165, 1.54) is 0 Å². The number of carbonyl (C=O) groups is 2. The van der Waals surface area contributed by atoms with E-state index < -0.39 is 17.6 Å². The van der Waals surface area contributed by atoms with Crippen LogP contribution in [0, 0.1) is 29.6 Å². The molecule has 10 nitrogen and oxygen atoms in total. The normalized spacial score (nSPS) is 18.6. The zero-order valence-electron chi connectivity index (χ0n) is 34.5. The Bertz CT molecular complexity index is 1910. The first kappa shape index (κ1) is 43.4. The molecule has 0 aromatic heterocycles. The molecule has 58 heavy (non-hydrogen) atoms. The van der Waals surface area contributed by atoms with Crippen molar-refractivity contribution in [1.29, 1.82) is 5.26 Å². The van der Waals surface area contributed by atoms with Gasteiger partial charge < -0.3 is 33.5 Å². The number of methoxy groups -OCH3 is 1. The molecule has 3 aliphatic rings. The van der Waals surface area contributed by atoms with Crippen molar-refractivity contribution >= 4 is 35.2 Å². The summed E-state index contributed by atoms with van der Waals surface area (Å²) in [4.78, 5) is 32.1. The minimum Gasteiger partial charge on any atom is -0.493 e. The van der Waals surface area contributed by atoms with Crippen molar-refractivity contribution in [3.8, 4) is 23.3 Å². The van der Waals surface area contributed by atoms with Gasteiger partial charge in [-0.3, -0.25) is 4.79 Å². The maximum absolute atomic E-state index is 15.0. The SMILES string of the molecule is COCCCc1cc(CN(C(=O)[C@H]2CN(C(=O)OC(C)(C)C)CC[C@@H]2c2ccc(OCCOc3c(Cl)cc(C)cc3Cl)cc2)C2CC2)cc(OCC2(CC#N)CC2)c1. The van der Waals surface area contributed by atoms with Crippen molar-refractivity contribution in [2.45, 2.75) is 103 Å². The standard InChI is InChI=1S/C46H57Cl2N3O7/c1-31-23-40(47)42(41(48)24-31)56-22-21-55-36-12-8-34(9-13-36)38-14-19-50(44(53)58-45(2,3)4)29-39(38)43(52)51(35-10-11-35)28-33-25-32(7-6-20-54-5)26-37(27-33)57-30-46(15-16-46)17-18-49/h8-9,12-13,23-27,35,38-39H,6-7,10-11,14-17,19-22,28-30H2,1-5H3/t38-,39+/m1/s1. The molecule has 312 valence electrons. The first-order valence-electron chi connectivity index (χ1n) is 20.5. The van der Waals surface area contributed by atoms with Gasteiger partial charge in [0.2, 0.25) is 5.91 Å². The number of piperidine rings is 1. The first-order valence-corrected chi connectivity index (χ1v) is 21.2. The van der Waals surface area contributed by atoms with E-state index in [0.717, 1.165) is 66.5 Å². The van der Waals surface area contributed by atoms with Gasteiger partial charge >= 0.3 is 6.09 Å². The van der Waals surface area contributed by atoms with E-state index in [4.69, 9.17) is 46.9 Å². The molecule has 1 saturated heterocycles. The van der Waals surface area contributed by atoms with Crippen molar-refractivity contribution in [2.75, 3.05) is 46.6 Å². The van der Waals surface area contributed by atoms with Gasteiger partial charge in [0.15, 0.2) is 5.75 Å². The number of rotatable bonds is 18. The molecule has 0 spiro atoms. The lowest BCUT2D eigenvalue weighted by Crippen LogP contribution is -2.51. The lowest BCUT2D eigenvalue weighted by atomic mass is 9.79. The third kappa shape index (κ3) is 12.0. The number of benzene rings is 3. The van der Waals surface area contributed by atoms with Crippen LogP contribution in [0.2, 0.25) is 10.0 Å². The second kappa shape index (κ2) is 19.3. The second-order valence-electron chi connectivity index (χ2n) is 17.2. The maximum Gasteiger partial charge on any atom is 0.410 e. The Balaban J connectivity index is 1.19. The van der Waals surface area contributed by atoms with Crippen LogP contribution in [0.1, 0.15) is 93.9 Å². The summed E-state index contributed by atoms with van der Waals surface area (Å²) in [7, 11) is 1.71. The molecule has 1 heterocycles. The molecule has 3 aromatic rings. The molecular formula is C46H57Cl2N3O7. The quantitative estimate of drug-likeness (QED) is 0.117. The van der Waals surface area contributed by atoms with E-state index in [2.05, 4.69) is 18.2 Å². The molecule has 3 fully saturated rings. The van der Waals surface area contributed by atoms with Crippen LogP contribution < -0.4 is 14.2 Å². The molecule has 12 heteroatoms. The van der Waals surface area contributed by atoms with Gasteiger partial charge in [0, 0.05) is 51.2 Å². The van der Waals surface area contributed by atoms with Crippen molar-refractivity contribution in [3.63, 3.8) is 0 Å². The Hall–Kier alpha value is -4.17. The van der Waals surface area contributed by atoms with E-state index in [0.29, 0.717) is 60.7 Å². The number of aryl methyl sites for hydroxylation is 2. The highest BCUT2D eigenvalue weighted by atomic mass is 35.5. The smallest absolute Gasteiger partial charge is 0.410 e. The number of amides is 2. The zero-order valence-corrected chi connectivity index (χ0v) is 36.0. The highest BCUT2D eigenvalue weighted by Gasteiger charge is 2.44. The molecule has 3 aromatic carbocycles. The number of halogens is 2. The highest BCUT2D eigenvalue weighted by molar-refractivity contribution is 6.37. The molecule has 0 unspecified atom stereocenters. The Morgan fingerprint density at radius 2 is 1.60 bits per heavy atom. The third-order valence-electron chi connectivity index (χ3n) is 11.1. The number of likely N-dealkylation sites (tertiary alicyclic amines) is 1. The fourth-order valence-electron chi connectivity index (χ4n) is 7.64. The number of nitrogens with zero attached hydrogens (tertiary/aromatic N) is 3. The summed E-state index contributed by atoms with van der Waals surface area (Å²) in [5.74, 6) is 1.30. The van der Waals surface area contributed by atoms with Gasteiger partial charge in [-0.15, -0.1) is 0 Å². The number of hydrogen-bond acceptors (Lipinski definition) is 8. The molecule has 2 atom stereocenters. The molecule has 0 radical (unpaired) electrons. The van der Waals surface area contributed by atoms with Gasteiger partial charge in [0.25, 0.3) is 0 Å². The van der Waals surface area contributed by atoms with Crippen LogP contribution in [0.3, 0.4) is 0 Å². The molecule has 0 bridgehead atoms. The summed E-state index contributed by atoms with van der Waals surface area (Å²) in [6.45, 7) is 10.3. The Morgan fingerprint density at radius 1 is 0.914 bits per heavy atom. The van der Waals surface area contributed by atoms with Gasteiger partial charge in [-0.2, -0.15) is 5.26 Å². The van der Waals surface area contributed by atoms with Crippen LogP contribution in [0.4, 0.5) is 4.79 Å². The highest BCUT2D eigenvalue weighted by Crippen LogP contribution is 2.49. The van der Waals surface area contributed by atoms with Crippen LogP contribution in [0.5, 0.6) is 17.2 Å². The number of nitriles is 1. The Morgan fingerprint density at radius 3 is 2.24 bits per heavy atom. The summed E-state index contributed by atoms with van der Waals surface area (Å²) in [5, 5.41) is 10.3. The topological polar surface area (TPSA) is 111 Å². The van der Waals surface area contributed by atoms with Crippen molar-refractivity contribution in [3.05, 3.63) is 86.9 Å². The summed E-state index contributed by atoms with van der Waals surface area (Å²) in [6, 6.07) is 20.2. The molecule has 2 amide bonds.